The highest BCUT2D eigenvalue weighted by Crippen LogP contribution is 2.36. The third kappa shape index (κ3) is 1.27. The lowest BCUT2D eigenvalue weighted by atomic mass is 10.1. The van der Waals surface area contributed by atoms with Crippen LogP contribution in [0.2, 0.25) is 0 Å². The Morgan fingerprint density at radius 2 is 1.88 bits per heavy atom. The van der Waals surface area contributed by atoms with Crippen LogP contribution < -0.4 is 0 Å². The first-order valence-electron chi connectivity index (χ1n) is 5.11. The molecule has 0 saturated carbocycles. The Morgan fingerprint density at radius 3 is 2.75 bits per heavy atom. The topological polar surface area (TPSA) is 30.2 Å². The van der Waals surface area contributed by atoms with Gasteiger partial charge in [0, 0.05) is 10.8 Å². The average molecular weight is 229 g/mol. The average Bonchev–Trinajstić information content (AvgIpc) is 2.29. The van der Waals surface area contributed by atoms with E-state index >= 15 is 0 Å². The van der Waals surface area contributed by atoms with Gasteiger partial charge in [0.25, 0.3) is 0 Å². The SMILES string of the molecule is Cc1cccc2o[p+](=O)c3ccccc3c12. The van der Waals surface area contributed by atoms with E-state index in [1.807, 2.05) is 49.4 Å². The van der Waals surface area contributed by atoms with Crippen molar-refractivity contribution in [3.8, 4) is 0 Å². The summed E-state index contributed by atoms with van der Waals surface area (Å²) in [5.74, 6) is 0. The van der Waals surface area contributed by atoms with Crippen molar-refractivity contribution >= 4 is 29.1 Å². The van der Waals surface area contributed by atoms with Gasteiger partial charge in [0.05, 0.1) is 0 Å². The van der Waals surface area contributed by atoms with Gasteiger partial charge in [-0.3, -0.25) is 0 Å². The van der Waals surface area contributed by atoms with E-state index in [0.717, 1.165) is 27.0 Å². The molecule has 3 heteroatoms. The molecule has 2 aromatic carbocycles. The zero-order valence-corrected chi connectivity index (χ0v) is 9.70. The van der Waals surface area contributed by atoms with Gasteiger partial charge in [-0.1, -0.05) is 24.3 Å². The molecule has 2 nitrogen and oxygen atoms in total. The van der Waals surface area contributed by atoms with Crippen LogP contribution >= 0.6 is 7.65 Å². The van der Waals surface area contributed by atoms with Crippen LogP contribution in [0.3, 0.4) is 0 Å². The Morgan fingerprint density at radius 1 is 1.06 bits per heavy atom. The zero-order chi connectivity index (χ0) is 11.1. The first kappa shape index (κ1) is 9.56. The van der Waals surface area contributed by atoms with Crippen LogP contribution in [0.4, 0.5) is 0 Å². The van der Waals surface area contributed by atoms with Crippen molar-refractivity contribution in [2.24, 2.45) is 0 Å². The minimum Gasteiger partial charge on any atom is -0.250 e. The van der Waals surface area contributed by atoms with Crippen molar-refractivity contribution in [3.63, 3.8) is 0 Å². The van der Waals surface area contributed by atoms with Crippen molar-refractivity contribution in [3.05, 3.63) is 48.0 Å². The summed E-state index contributed by atoms with van der Waals surface area (Å²) in [6.07, 6.45) is 0. The fraction of sp³-hybridized carbons (Fsp3) is 0.0769. The minimum absolute atomic E-state index is 0.722. The molecule has 16 heavy (non-hydrogen) atoms. The standard InChI is InChI=1S/C13H10O2P/c1-9-5-4-7-11-13(9)10-6-2-3-8-12(10)16(14)15-11/h2-8H,1H3/q+1. The van der Waals surface area contributed by atoms with E-state index < -0.39 is 7.65 Å². The maximum absolute atomic E-state index is 11.9. The number of hydrogen-bond acceptors (Lipinski definition) is 2. The molecule has 0 aliphatic carbocycles. The van der Waals surface area contributed by atoms with Gasteiger partial charge in [0.2, 0.25) is 5.12 Å². The molecule has 0 fully saturated rings. The van der Waals surface area contributed by atoms with Crippen molar-refractivity contribution in [2.45, 2.75) is 6.92 Å². The molecule has 0 amide bonds. The van der Waals surface area contributed by atoms with E-state index in [-0.39, 0.29) is 0 Å². The second kappa shape index (κ2) is 3.43. The van der Waals surface area contributed by atoms with E-state index in [1.54, 1.807) is 0 Å². The molecule has 3 rings (SSSR count). The Labute approximate surface area is 93.3 Å². The third-order valence-corrected chi connectivity index (χ3v) is 3.93. The van der Waals surface area contributed by atoms with Gasteiger partial charge in [-0.05, 0) is 35.3 Å². The predicted molar refractivity (Wildman–Crippen MR) is 66.1 cm³/mol. The van der Waals surface area contributed by atoms with Crippen molar-refractivity contribution in [1.82, 2.24) is 0 Å². The summed E-state index contributed by atoms with van der Waals surface area (Å²) in [7, 11) is -1.76. The maximum Gasteiger partial charge on any atom is 0.597 e. The summed E-state index contributed by atoms with van der Waals surface area (Å²) in [4.78, 5) is 0. The molecule has 1 heterocycles. The monoisotopic (exact) mass is 229 g/mol. The van der Waals surface area contributed by atoms with Gasteiger partial charge in [0.1, 0.15) is 0 Å². The van der Waals surface area contributed by atoms with Crippen molar-refractivity contribution < 1.29 is 8.76 Å². The normalized spacial score (nSPS) is 12.2. The van der Waals surface area contributed by atoms with E-state index in [0.29, 0.717) is 0 Å². The molecular formula is C13H10O2P+. The van der Waals surface area contributed by atoms with E-state index in [2.05, 4.69) is 0 Å². The molecule has 0 aliphatic heterocycles. The van der Waals surface area contributed by atoms with Crippen LogP contribution in [0.5, 0.6) is 0 Å². The summed E-state index contributed by atoms with van der Waals surface area (Å²) in [6, 6.07) is 13.5. The van der Waals surface area contributed by atoms with Crippen LogP contribution in [0, 0.1) is 6.92 Å². The molecule has 0 radical (unpaired) electrons. The largest absolute Gasteiger partial charge is 0.597 e. The molecule has 0 spiro atoms. The number of fused-ring (bicyclic) bond motifs is 3. The van der Waals surface area contributed by atoms with Crippen LogP contribution in [-0.2, 0) is 4.57 Å². The van der Waals surface area contributed by atoms with Crippen LogP contribution in [-0.4, -0.2) is 0 Å². The molecular weight excluding hydrogens is 219 g/mol. The second-order valence-corrected chi connectivity index (χ2v) is 4.99. The summed E-state index contributed by atoms with van der Waals surface area (Å²) >= 11 is 0. The Kier molecular flexibility index (Phi) is 2.05. The first-order chi connectivity index (χ1) is 7.77. The van der Waals surface area contributed by atoms with E-state index in [9.17, 15) is 4.57 Å². The smallest absolute Gasteiger partial charge is 0.250 e. The number of rotatable bonds is 0. The van der Waals surface area contributed by atoms with Crippen LogP contribution in [0.15, 0.2) is 46.7 Å². The van der Waals surface area contributed by atoms with Gasteiger partial charge < -0.3 is 0 Å². The summed E-state index contributed by atoms with van der Waals surface area (Å²) < 4.78 is 17.3. The molecule has 1 aromatic heterocycles. The molecule has 3 aromatic rings. The first-order valence-corrected chi connectivity index (χ1v) is 6.29. The van der Waals surface area contributed by atoms with Gasteiger partial charge in [-0.15, -0.1) is 0 Å². The Bertz CT molecular complexity index is 744. The molecule has 0 bridgehead atoms. The highest BCUT2D eigenvalue weighted by atomic mass is 31.1. The zero-order valence-electron chi connectivity index (χ0n) is 8.81. The molecule has 1 atom stereocenters. The highest BCUT2D eigenvalue weighted by molar-refractivity contribution is 7.37. The van der Waals surface area contributed by atoms with E-state index in [1.165, 1.54) is 0 Å². The maximum atomic E-state index is 11.9. The molecule has 0 saturated heterocycles. The highest BCUT2D eigenvalue weighted by Gasteiger charge is 2.16. The number of hydrogen-bond donors (Lipinski definition) is 0. The lowest BCUT2D eigenvalue weighted by molar-refractivity contribution is 0.563. The second-order valence-electron chi connectivity index (χ2n) is 3.81. The third-order valence-electron chi connectivity index (χ3n) is 2.79. The minimum atomic E-state index is -1.76. The number of aryl methyl sites for hydroxylation is 1. The predicted octanol–water partition coefficient (Wildman–Crippen LogP) is 4.64. The fourth-order valence-corrected chi connectivity index (χ4v) is 3.06. The fourth-order valence-electron chi connectivity index (χ4n) is 2.04. The van der Waals surface area contributed by atoms with Crippen molar-refractivity contribution in [1.29, 1.82) is 0 Å². The summed E-state index contributed by atoms with van der Waals surface area (Å²) in [6.45, 7) is 2.04. The molecule has 0 aliphatic rings. The lowest BCUT2D eigenvalue weighted by Gasteiger charge is -1.99. The lowest BCUT2D eigenvalue weighted by Crippen LogP contribution is -1.79. The van der Waals surface area contributed by atoms with Crippen molar-refractivity contribution in [2.75, 3.05) is 0 Å². The van der Waals surface area contributed by atoms with Gasteiger partial charge in [0.15, 0.2) is 5.58 Å². The Hall–Kier alpha value is -1.66. The van der Waals surface area contributed by atoms with E-state index in [4.69, 9.17) is 4.20 Å². The molecule has 1 unspecified atom stereocenters. The number of benzene rings is 2. The summed E-state index contributed by atoms with van der Waals surface area (Å²) in [5.41, 5.74) is 1.87. The van der Waals surface area contributed by atoms with Gasteiger partial charge >= 0.3 is 7.65 Å². The quantitative estimate of drug-likeness (QED) is 0.526. The summed E-state index contributed by atoms with van der Waals surface area (Å²) in [5, 5.41) is 2.88. The van der Waals surface area contributed by atoms with Crippen LogP contribution in [0.25, 0.3) is 21.5 Å². The van der Waals surface area contributed by atoms with Crippen LogP contribution in [0.1, 0.15) is 5.56 Å². The van der Waals surface area contributed by atoms with Gasteiger partial charge in [-0.2, -0.15) is 0 Å². The molecule has 0 N–H and O–H groups in total. The molecule has 78 valence electrons. The Balaban J connectivity index is 2.72. The van der Waals surface area contributed by atoms with Gasteiger partial charge in [-0.25, -0.2) is 4.20 Å².